The summed E-state index contributed by atoms with van der Waals surface area (Å²) in [4.78, 5) is 18.6. The van der Waals surface area contributed by atoms with Crippen LogP contribution >= 0.6 is 11.3 Å². The second kappa shape index (κ2) is 5.03. The fourth-order valence-electron chi connectivity index (χ4n) is 1.66. The van der Waals surface area contributed by atoms with Crippen LogP contribution in [0, 0.1) is 0 Å². The molecule has 2 aromatic rings. The average Bonchev–Trinajstić information content (AvgIpc) is 2.77. The number of aromatic amines is 1. The number of H-pyrrole nitrogens is 1. The van der Waals surface area contributed by atoms with Crippen LogP contribution in [0.25, 0.3) is 10.2 Å². The maximum atomic E-state index is 11.9. The number of hydrogen-bond acceptors (Lipinski definition) is 5. The van der Waals surface area contributed by atoms with E-state index in [4.69, 9.17) is 0 Å². The predicted molar refractivity (Wildman–Crippen MR) is 75.8 cm³/mol. The fraction of sp³-hybridized carbons (Fsp3) is 0.455. The van der Waals surface area contributed by atoms with Gasteiger partial charge in [0, 0.05) is 7.05 Å². The van der Waals surface area contributed by atoms with Gasteiger partial charge in [-0.05, 0) is 25.3 Å². The summed E-state index contributed by atoms with van der Waals surface area (Å²) >= 11 is 1.31. The van der Waals surface area contributed by atoms with Gasteiger partial charge in [-0.2, -0.15) is 4.31 Å². The van der Waals surface area contributed by atoms with Gasteiger partial charge in [-0.1, -0.05) is 0 Å². The van der Waals surface area contributed by atoms with E-state index >= 15 is 0 Å². The Morgan fingerprint density at radius 3 is 2.79 bits per heavy atom. The number of aromatic nitrogens is 2. The van der Waals surface area contributed by atoms with Crippen molar-refractivity contribution in [2.45, 2.75) is 25.6 Å². The van der Waals surface area contributed by atoms with E-state index in [-0.39, 0.29) is 12.1 Å². The van der Waals surface area contributed by atoms with Gasteiger partial charge in [0.05, 0.1) is 17.3 Å². The highest BCUT2D eigenvalue weighted by Crippen LogP contribution is 2.15. The maximum Gasteiger partial charge on any atom is 0.268 e. The molecule has 6 nitrogen and oxygen atoms in total. The molecule has 0 aliphatic carbocycles. The molecule has 1 N–H and O–H groups in total. The Morgan fingerprint density at radius 1 is 1.47 bits per heavy atom. The van der Waals surface area contributed by atoms with E-state index in [1.165, 1.54) is 22.7 Å². The van der Waals surface area contributed by atoms with Gasteiger partial charge in [0.15, 0.2) is 0 Å². The third kappa shape index (κ3) is 2.70. The summed E-state index contributed by atoms with van der Waals surface area (Å²) in [5.41, 5.74) is 0.365. The molecule has 2 aromatic heterocycles. The van der Waals surface area contributed by atoms with Crippen molar-refractivity contribution in [1.29, 1.82) is 0 Å². The molecule has 8 heteroatoms. The lowest BCUT2D eigenvalue weighted by atomic mass is 10.4. The Morgan fingerprint density at radius 2 is 2.16 bits per heavy atom. The van der Waals surface area contributed by atoms with E-state index in [2.05, 4.69) is 9.97 Å². The maximum absolute atomic E-state index is 11.9. The Kier molecular flexibility index (Phi) is 3.75. The first-order valence-electron chi connectivity index (χ1n) is 5.74. The lowest BCUT2D eigenvalue weighted by molar-refractivity contribution is 0.450. The summed E-state index contributed by atoms with van der Waals surface area (Å²) in [6.07, 6.45) is 0. The molecule has 0 spiro atoms. The normalized spacial score (nSPS) is 12.7. The molecule has 104 valence electrons. The fourth-order valence-corrected chi connectivity index (χ4v) is 3.40. The summed E-state index contributed by atoms with van der Waals surface area (Å²) in [6, 6.07) is 1.75. The van der Waals surface area contributed by atoms with Crippen molar-refractivity contribution in [3.05, 3.63) is 27.6 Å². The van der Waals surface area contributed by atoms with Crippen molar-refractivity contribution in [3.8, 4) is 0 Å². The van der Waals surface area contributed by atoms with Crippen LogP contribution in [0.1, 0.15) is 19.7 Å². The van der Waals surface area contributed by atoms with Crippen LogP contribution in [-0.2, 0) is 16.6 Å². The molecule has 0 saturated carbocycles. The molecular formula is C11H15N3O3S2. The molecule has 2 rings (SSSR count). The predicted octanol–water partition coefficient (Wildman–Crippen LogP) is 1.15. The highest BCUT2D eigenvalue weighted by atomic mass is 32.2. The van der Waals surface area contributed by atoms with Crippen LogP contribution in [0.4, 0.5) is 0 Å². The van der Waals surface area contributed by atoms with Gasteiger partial charge >= 0.3 is 0 Å². The van der Waals surface area contributed by atoms with Crippen molar-refractivity contribution >= 4 is 31.6 Å². The van der Waals surface area contributed by atoms with Crippen molar-refractivity contribution in [2.75, 3.05) is 7.05 Å². The number of sulfonamides is 1. The molecule has 0 radical (unpaired) electrons. The molecule has 0 atom stereocenters. The third-order valence-electron chi connectivity index (χ3n) is 2.77. The van der Waals surface area contributed by atoms with Gasteiger partial charge < -0.3 is 4.98 Å². The molecule has 19 heavy (non-hydrogen) atoms. The zero-order chi connectivity index (χ0) is 14.2. The van der Waals surface area contributed by atoms with Crippen molar-refractivity contribution < 1.29 is 8.42 Å². The quantitative estimate of drug-likeness (QED) is 0.918. The molecule has 0 aromatic carbocycles. The van der Waals surface area contributed by atoms with Gasteiger partial charge in [0.2, 0.25) is 10.0 Å². The number of nitrogens with zero attached hydrogens (tertiary/aromatic N) is 2. The van der Waals surface area contributed by atoms with Crippen LogP contribution in [0.2, 0.25) is 0 Å². The minimum Gasteiger partial charge on any atom is -0.308 e. The highest BCUT2D eigenvalue weighted by molar-refractivity contribution is 7.89. The highest BCUT2D eigenvalue weighted by Gasteiger charge is 2.23. The zero-order valence-electron chi connectivity index (χ0n) is 10.9. The standard InChI is InChI=1S/C11H15N3O3S2/c1-7(2)19(16,17)14(3)6-9-12-8-4-5-18-10(8)11(15)13-9/h4-5,7H,6H2,1-3H3,(H,12,13,15). The first-order valence-corrected chi connectivity index (χ1v) is 8.12. The van der Waals surface area contributed by atoms with Crippen LogP contribution < -0.4 is 5.56 Å². The Labute approximate surface area is 115 Å². The van der Waals surface area contributed by atoms with E-state index < -0.39 is 15.3 Å². The van der Waals surface area contributed by atoms with E-state index in [1.54, 1.807) is 25.3 Å². The smallest absolute Gasteiger partial charge is 0.268 e. The summed E-state index contributed by atoms with van der Waals surface area (Å²) in [7, 11) is -1.87. The van der Waals surface area contributed by atoms with Gasteiger partial charge in [0.25, 0.3) is 5.56 Å². The second-order valence-electron chi connectivity index (χ2n) is 4.50. The van der Waals surface area contributed by atoms with Crippen molar-refractivity contribution in [2.24, 2.45) is 0 Å². The number of fused-ring (bicyclic) bond motifs is 1. The molecule has 0 aliphatic heterocycles. The number of thiophene rings is 1. The first-order chi connectivity index (χ1) is 8.82. The summed E-state index contributed by atoms with van der Waals surface area (Å²) in [5.74, 6) is 0.350. The number of nitrogens with one attached hydrogen (secondary N) is 1. The first kappa shape index (κ1) is 14.2. The molecule has 0 bridgehead atoms. The van der Waals surface area contributed by atoms with Crippen molar-refractivity contribution in [3.63, 3.8) is 0 Å². The lowest BCUT2D eigenvalue weighted by Gasteiger charge is -2.18. The molecule has 0 amide bonds. The molecule has 0 unspecified atom stereocenters. The van der Waals surface area contributed by atoms with Crippen LogP contribution in [0.3, 0.4) is 0 Å². The van der Waals surface area contributed by atoms with Crippen LogP contribution in [0.5, 0.6) is 0 Å². The Bertz CT molecular complexity index is 746. The number of hydrogen-bond donors (Lipinski definition) is 1. The molecule has 0 fully saturated rings. The summed E-state index contributed by atoms with van der Waals surface area (Å²) in [5, 5.41) is 1.28. The van der Waals surface area contributed by atoms with E-state index in [1.807, 2.05) is 0 Å². The number of rotatable bonds is 4. The van der Waals surface area contributed by atoms with E-state index in [0.29, 0.717) is 16.0 Å². The van der Waals surface area contributed by atoms with Gasteiger partial charge in [-0.25, -0.2) is 13.4 Å². The van der Waals surface area contributed by atoms with E-state index in [9.17, 15) is 13.2 Å². The lowest BCUT2D eigenvalue weighted by Crippen LogP contribution is -2.33. The largest absolute Gasteiger partial charge is 0.308 e. The SMILES string of the molecule is CC(C)S(=O)(=O)N(C)Cc1nc2ccsc2c(=O)[nH]1. The molecule has 0 aliphatic rings. The average molecular weight is 301 g/mol. The second-order valence-corrected chi connectivity index (χ2v) is 8.01. The minimum atomic E-state index is -3.35. The van der Waals surface area contributed by atoms with Crippen LogP contribution in [-0.4, -0.2) is 35.0 Å². The molecule has 2 heterocycles. The summed E-state index contributed by atoms with van der Waals surface area (Å²) < 4.78 is 25.6. The monoisotopic (exact) mass is 301 g/mol. The molecule has 0 saturated heterocycles. The van der Waals surface area contributed by atoms with Gasteiger partial charge in [-0.3, -0.25) is 4.79 Å². The van der Waals surface area contributed by atoms with E-state index in [0.717, 1.165) is 0 Å². The topological polar surface area (TPSA) is 83.1 Å². The minimum absolute atomic E-state index is 0.0571. The Hall–Kier alpha value is -1.25. The van der Waals surface area contributed by atoms with Crippen LogP contribution in [0.15, 0.2) is 16.2 Å². The third-order valence-corrected chi connectivity index (χ3v) is 5.86. The summed E-state index contributed by atoms with van der Waals surface area (Å²) in [6.45, 7) is 3.29. The molecular weight excluding hydrogens is 286 g/mol. The van der Waals surface area contributed by atoms with Gasteiger partial charge in [-0.15, -0.1) is 11.3 Å². The zero-order valence-corrected chi connectivity index (χ0v) is 12.5. The van der Waals surface area contributed by atoms with Crippen molar-refractivity contribution in [1.82, 2.24) is 14.3 Å². The van der Waals surface area contributed by atoms with Gasteiger partial charge in [0.1, 0.15) is 10.5 Å². The Balaban J connectivity index is 2.34.